The first-order valence-corrected chi connectivity index (χ1v) is 8.28. The highest BCUT2D eigenvalue weighted by Crippen LogP contribution is 2.33. The number of thiocarbonyl (C=S) groups is 1. The van der Waals surface area contributed by atoms with Crippen LogP contribution in [0.3, 0.4) is 0 Å². The molecule has 0 saturated carbocycles. The molecule has 4 nitrogen and oxygen atoms in total. The van der Waals surface area contributed by atoms with E-state index in [1.54, 1.807) is 12.1 Å². The van der Waals surface area contributed by atoms with E-state index in [4.69, 9.17) is 28.6 Å². The molecule has 0 spiro atoms. The van der Waals surface area contributed by atoms with Crippen molar-refractivity contribution in [3.63, 3.8) is 0 Å². The maximum Gasteiger partial charge on any atom is 0.326 e. The fourth-order valence-corrected chi connectivity index (χ4v) is 3.20. The Morgan fingerprint density at radius 1 is 1.45 bits per heavy atom. The van der Waals surface area contributed by atoms with Crippen LogP contribution in [0.2, 0.25) is 5.02 Å². The normalized spacial score (nSPS) is 16.5. The summed E-state index contributed by atoms with van der Waals surface area (Å²) in [5, 5.41) is 0.551. The summed E-state index contributed by atoms with van der Waals surface area (Å²) in [6.45, 7) is 2.08. The summed E-state index contributed by atoms with van der Waals surface area (Å²) in [5.74, 6) is -0.763. The number of carbonyl (C=O) groups is 2. The van der Waals surface area contributed by atoms with Gasteiger partial charge in [-0.3, -0.25) is 14.5 Å². The Morgan fingerprint density at radius 3 is 2.86 bits per heavy atom. The van der Waals surface area contributed by atoms with Crippen molar-refractivity contribution in [3.05, 3.63) is 39.8 Å². The molecule has 0 atom stereocenters. The molecule has 0 aromatic heterocycles. The molecule has 1 aromatic carbocycles. The number of amides is 1. The van der Waals surface area contributed by atoms with Gasteiger partial charge in [0.15, 0.2) is 0 Å². The minimum Gasteiger partial charge on any atom is -0.464 e. The van der Waals surface area contributed by atoms with Crippen LogP contribution in [0.25, 0.3) is 6.08 Å². The number of ether oxygens (including phenoxy) is 1. The highest BCUT2D eigenvalue weighted by atomic mass is 35.5. The van der Waals surface area contributed by atoms with Crippen LogP contribution >= 0.6 is 35.6 Å². The van der Waals surface area contributed by atoms with E-state index in [9.17, 15) is 9.59 Å². The second kappa shape index (κ2) is 7.76. The van der Waals surface area contributed by atoms with Crippen molar-refractivity contribution in [1.82, 2.24) is 4.90 Å². The highest BCUT2D eigenvalue weighted by molar-refractivity contribution is 8.26. The van der Waals surface area contributed by atoms with Gasteiger partial charge in [0.2, 0.25) is 0 Å². The number of halogens is 1. The Labute approximate surface area is 143 Å². The monoisotopic (exact) mass is 355 g/mol. The molecular formula is C15H14ClNO3S2. The average Bonchev–Trinajstić information content (AvgIpc) is 2.75. The largest absolute Gasteiger partial charge is 0.464 e. The van der Waals surface area contributed by atoms with Crippen LogP contribution in [0.15, 0.2) is 29.2 Å². The van der Waals surface area contributed by atoms with Crippen molar-refractivity contribution in [2.45, 2.75) is 13.3 Å². The Bertz CT molecular complexity index is 645. The molecular weight excluding hydrogens is 342 g/mol. The van der Waals surface area contributed by atoms with Gasteiger partial charge in [-0.2, -0.15) is 0 Å². The second-order valence-corrected chi connectivity index (χ2v) is 6.59. The van der Waals surface area contributed by atoms with E-state index in [0.717, 1.165) is 23.7 Å². The van der Waals surface area contributed by atoms with Gasteiger partial charge in [0.1, 0.15) is 10.9 Å². The van der Waals surface area contributed by atoms with Gasteiger partial charge >= 0.3 is 5.97 Å². The molecule has 1 aliphatic rings. The molecule has 116 valence electrons. The van der Waals surface area contributed by atoms with Gasteiger partial charge < -0.3 is 4.74 Å². The Balaban J connectivity index is 2.12. The zero-order chi connectivity index (χ0) is 16.1. The summed E-state index contributed by atoms with van der Waals surface area (Å²) in [4.78, 5) is 25.7. The third kappa shape index (κ3) is 4.09. The number of hydrogen-bond acceptors (Lipinski definition) is 5. The predicted octanol–water partition coefficient (Wildman–Crippen LogP) is 3.49. The van der Waals surface area contributed by atoms with Crippen molar-refractivity contribution < 1.29 is 14.3 Å². The SMILES string of the molecule is CCCOC(=O)CN1C(=O)C(=Cc2ccccc2Cl)SC1=S. The molecule has 1 amide bonds. The number of carbonyl (C=O) groups excluding carboxylic acids is 2. The lowest BCUT2D eigenvalue weighted by atomic mass is 10.2. The van der Waals surface area contributed by atoms with Crippen LogP contribution < -0.4 is 0 Å². The molecule has 2 rings (SSSR count). The molecule has 7 heteroatoms. The highest BCUT2D eigenvalue weighted by Gasteiger charge is 2.33. The van der Waals surface area contributed by atoms with E-state index >= 15 is 0 Å². The molecule has 1 heterocycles. The fourth-order valence-electron chi connectivity index (χ4n) is 1.76. The van der Waals surface area contributed by atoms with Crippen LogP contribution in [-0.2, 0) is 14.3 Å². The van der Waals surface area contributed by atoms with Gasteiger partial charge in [0, 0.05) is 5.02 Å². The van der Waals surface area contributed by atoms with Gasteiger partial charge in [-0.15, -0.1) is 0 Å². The quantitative estimate of drug-likeness (QED) is 0.459. The Hall–Kier alpha value is -1.37. The molecule has 1 saturated heterocycles. The van der Waals surface area contributed by atoms with E-state index in [1.807, 2.05) is 25.1 Å². The minimum absolute atomic E-state index is 0.162. The second-order valence-electron chi connectivity index (χ2n) is 4.51. The zero-order valence-corrected chi connectivity index (χ0v) is 14.3. The van der Waals surface area contributed by atoms with Crippen LogP contribution in [0.1, 0.15) is 18.9 Å². The molecule has 0 N–H and O–H groups in total. The lowest BCUT2D eigenvalue weighted by Crippen LogP contribution is -2.34. The van der Waals surface area contributed by atoms with Crippen molar-refractivity contribution in [2.24, 2.45) is 0 Å². The number of esters is 1. The van der Waals surface area contributed by atoms with Crippen LogP contribution in [0.5, 0.6) is 0 Å². The van der Waals surface area contributed by atoms with Crippen molar-refractivity contribution >= 4 is 57.9 Å². The molecule has 1 aromatic rings. The van der Waals surface area contributed by atoms with Gasteiger partial charge in [-0.1, -0.05) is 60.7 Å². The smallest absolute Gasteiger partial charge is 0.326 e. The van der Waals surface area contributed by atoms with Gasteiger partial charge in [-0.25, -0.2) is 0 Å². The first-order chi connectivity index (χ1) is 10.5. The standard InChI is InChI=1S/C15H14ClNO3S2/c1-2-7-20-13(18)9-17-14(19)12(22-15(17)21)8-10-5-3-4-6-11(10)16/h3-6,8H,2,7,9H2,1H3. The van der Waals surface area contributed by atoms with E-state index in [-0.39, 0.29) is 12.5 Å². The third-order valence-corrected chi connectivity index (χ3v) is 4.54. The van der Waals surface area contributed by atoms with Gasteiger partial charge in [-0.05, 0) is 24.1 Å². The molecule has 0 bridgehead atoms. The lowest BCUT2D eigenvalue weighted by Gasteiger charge is -2.13. The van der Waals surface area contributed by atoms with Crippen molar-refractivity contribution in [3.8, 4) is 0 Å². The summed E-state index contributed by atoms with van der Waals surface area (Å²) in [6, 6.07) is 7.20. The summed E-state index contributed by atoms with van der Waals surface area (Å²) in [5.41, 5.74) is 0.734. The number of hydrogen-bond donors (Lipinski definition) is 0. The predicted molar refractivity (Wildman–Crippen MR) is 92.6 cm³/mol. The van der Waals surface area contributed by atoms with Gasteiger partial charge in [0.25, 0.3) is 5.91 Å². The summed E-state index contributed by atoms with van der Waals surface area (Å²) in [7, 11) is 0. The molecule has 22 heavy (non-hydrogen) atoms. The Morgan fingerprint density at radius 2 is 2.18 bits per heavy atom. The number of thioether (sulfide) groups is 1. The van der Waals surface area contributed by atoms with E-state index in [2.05, 4.69) is 0 Å². The van der Waals surface area contributed by atoms with E-state index in [1.165, 1.54) is 4.90 Å². The Kier molecular flexibility index (Phi) is 5.99. The number of rotatable bonds is 5. The maximum atomic E-state index is 12.3. The first kappa shape index (κ1) is 17.0. The van der Waals surface area contributed by atoms with Crippen molar-refractivity contribution in [2.75, 3.05) is 13.2 Å². The molecule has 0 radical (unpaired) electrons. The minimum atomic E-state index is -0.461. The van der Waals surface area contributed by atoms with Crippen LogP contribution in [0.4, 0.5) is 0 Å². The average molecular weight is 356 g/mol. The molecule has 1 fully saturated rings. The van der Waals surface area contributed by atoms with Crippen LogP contribution in [-0.4, -0.2) is 34.2 Å². The van der Waals surface area contributed by atoms with E-state index < -0.39 is 5.97 Å². The van der Waals surface area contributed by atoms with Gasteiger partial charge in [0.05, 0.1) is 11.5 Å². The molecule has 1 aliphatic heterocycles. The van der Waals surface area contributed by atoms with E-state index in [0.29, 0.717) is 20.9 Å². The maximum absolute atomic E-state index is 12.3. The zero-order valence-electron chi connectivity index (χ0n) is 11.9. The lowest BCUT2D eigenvalue weighted by molar-refractivity contribution is -0.146. The fraction of sp³-hybridized carbons (Fsp3) is 0.267. The first-order valence-electron chi connectivity index (χ1n) is 6.68. The van der Waals surface area contributed by atoms with Crippen LogP contribution in [0, 0.1) is 0 Å². The third-order valence-electron chi connectivity index (χ3n) is 2.82. The summed E-state index contributed by atoms with van der Waals surface area (Å²) < 4.78 is 5.32. The number of benzene rings is 1. The topological polar surface area (TPSA) is 46.6 Å². The van der Waals surface area contributed by atoms with Crippen molar-refractivity contribution in [1.29, 1.82) is 0 Å². The molecule has 0 aliphatic carbocycles. The number of nitrogens with zero attached hydrogens (tertiary/aromatic N) is 1. The summed E-state index contributed by atoms with van der Waals surface area (Å²) >= 11 is 12.4. The molecule has 0 unspecified atom stereocenters. The summed E-state index contributed by atoms with van der Waals surface area (Å²) in [6.07, 6.45) is 2.41.